The molecule has 16 heteroatoms. The topological polar surface area (TPSA) is 130 Å². The van der Waals surface area contributed by atoms with Gasteiger partial charge in [0.15, 0.2) is 0 Å². The number of amides is 2. The van der Waals surface area contributed by atoms with Gasteiger partial charge in [-0.15, -0.1) is 0 Å². The molecule has 7 rings (SSSR count). The molecule has 10 nitrogen and oxygen atoms in total. The number of nitrogens with one attached hydrogen (secondary N) is 2. The Kier molecular flexibility index (Phi) is 11.0. The summed E-state index contributed by atoms with van der Waals surface area (Å²) in [5.41, 5.74) is 2.71. The van der Waals surface area contributed by atoms with Crippen LogP contribution in [0.3, 0.4) is 0 Å². The Bertz CT molecular complexity index is 2500. The molecule has 318 valence electrons. The molecule has 6 heterocycles. The molecule has 2 aromatic heterocycles. The average Bonchev–Trinajstić information content (AvgIpc) is 3.87. The Morgan fingerprint density at radius 3 is 2.08 bits per heavy atom. The predicted molar refractivity (Wildman–Crippen MR) is 211 cm³/mol. The lowest BCUT2D eigenvalue weighted by atomic mass is 9.84. The third-order valence-electron chi connectivity index (χ3n) is 12.4. The molecule has 2 amide bonds. The zero-order valence-electron chi connectivity index (χ0n) is 34.3. The second kappa shape index (κ2) is 15.5. The van der Waals surface area contributed by atoms with Gasteiger partial charge in [0.25, 0.3) is 11.8 Å². The number of fused-ring (bicyclic) bond motifs is 8. The molecule has 0 aliphatic carbocycles. The number of nitrogens with zero attached hydrogens (tertiary/aromatic N) is 3. The molecule has 5 atom stereocenters. The maximum absolute atomic E-state index is 15.0. The van der Waals surface area contributed by atoms with Crippen molar-refractivity contribution in [3.8, 4) is 0 Å². The van der Waals surface area contributed by atoms with Crippen LogP contribution in [-0.4, -0.2) is 62.9 Å². The molecule has 60 heavy (non-hydrogen) atoms. The van der Waals surface area contributed by atoms with Crippen molar-refractivity contribution >= 4 is 40.0 Å². The van der Waals surface area contributed by atoms with E-state index in [9.17, 15) is 40.7 Å². The van der Waals surface area contributed by atoms with Crippen molar-refractivity contribution in [1.82, 2.24) is 24.8 Å². The van der Waals surface area contributed by atoms with Gasteiger partial charge < -0.3 is 19.4 Å². The number of alkyl halides is 6. The van der Waals surface area contributed by atoms with Gasteiger partial charge in [-0.3, -0.25) is 24.3 Å². The number of hydrogen-bond acceptors (Lipinski definition) is 7. The maximum Gasteiger partial charge on any atom is 0.416 e. The van der Waals surface area contributed by atoms with Crippen LogP contribution in [0.25, 0.3) is 22.2 Å². The number of aromatic amines is 2. The quantitative estimate of drug-likeness (QED) is 0.131. The lowest BCUT2D eigenvalue weighted by Gasteiger charge is -2.28. The smallest absolute Gasteiger partial charge is 0.416 e. The van der Waals surface area contributed by atoms with Gasteiger partial charge >= 0.3 is 18.3 Å². The number of aryl methyl sites for hydroxylation is 1. The SMILES string of the molecule is CCC1c2cc3[nH]c4c(c5[nH]c(cc6nc(cc(n2)C1C)C(C(C)OC)=C6C)[C@@H](C)[C@@H]5CCC(=O)OC)C(=O)N(Cc1cc(C(F)(F)F)cc(C(F)(F)F)c1)C(=O)c4c3C. The largest absolute Gasteiger partial charge is 0.469 e. The highest BCUT2D eigenvalue weighted by molar-refractivity contribution is 6.23. The van der Waals surface area contributed by atoms with E-state index in [1.54, 1.807) is 14.0 Å². The van der Waals surface area contributed by atoms with Crippen LogP contribution in [0.1, 0.15) is 155 Å². The van der Waals surface area contributed by atoms with Gasteiger partial charge in [-0.2, -0.15) is 26.3 Å². The summed E-state index contributed by atoms with van der Waals surface area (Å²) < 4.78 is 94.6. The van der Waals surface area contributed by atoms with E-state index in [0.29, 0.717) is 63.0 Å². The number of imide groups is 1. The molecule has 2 N–H and O–H groups in total. The van der Waals surface area contributed by atoms with Crippen molar-refractivity contribution in [2.45, 2.75) is 109 Å². The van der Waals surface area contributed by atoms with E-state index in [1.165, 1.54) is 7.11 Å². The summed E-state index contributed by atoms with van der Waals surface area (Å²) >= 11 is 0. The molecule has 3 aromatic rings. The highest BCUT2D eigenvalue weighted by Gasteiger charge is 2.42. The summed E-state index contributed by atoms with van der Waals surface area (Å²) in [5, 5.41) is 0. The van der Waals surface area contributed by atoms with Crippen molar-refractivity contribution in [2.75, 3.05) is 14.2 Å². The molecule has 0 spiro atoms. The molecule has 4 aliphatic rings. The van der Waals surface area contributed by atoms with E-state index in [1.807, 2.05) is 45.9 Å². The number of carbonyl (C=O) groups excluding carboxylic acids is 3. The number of benzene rings is 1. The van der Waals surface area contributed by atoms with Crippen LogP contribution in [0.4, 0.5) is 26.3 Å². The summed E-state index contributed by atoms with van der Waals surface area (Å²) in [4.78, 5) is 59.6. The van der Waals surface area contributed by atoms with Crippen LogP contribution in [0.5, 0.6) is 0 Å². The number of rotatable bonds is 8. The first kappa shape index (κ1) is 42.6. The summed E-state index contributed by atoms with van der Waals surface area (Å²) in [6.07, 6.45) is -9.81. The van der Waals surface area contributed by atoms with Crippen LogP contribution in [0.15, 0.2) is 36.4 Å². The summed E-state index contributed by atoms with van der Waals surface area (Å²) in [6, 6.07) is 6.66. The minimum atomic E-state index is -5.15. The maximum atomic E-state index is 15.0. The van der Waals surface area contributed by atoms with Gasteiger partial charge in [0, 0.05) is 71.1 Å². The number of esters is 1. The first-order valence-electron chi connectivity index (χ1n) is 19.7. The Morgan fingerprint density at radius 2 is 1.48 bits per heavy atom. The van der Waals surface area contributed by atoms with E-state index < -0.39 is 59.3 Å². The molecular formula is C44H45F6N5O5. The van der Waals surface area contributed by atoms with Crippen LogP contribution < -0.4 is 0 Å². The number of aromatic nitrogens is 4. The van der Waals surface area contributed by atoms with Gasteiger partial charge in [0.05, 0.1) is 58.9 Å². The Morgan fingerprint density at radius 1 is 0.833 bits per heavy atom. The normalized spacial score (nSPS) is 20.5. The third kappa shape index (κ3) is 7.36. The van der Waals surface area contributed by atoms with Crippen LogP contribution in [-0.2, 0) is 33.2 Å². The molecule has 0 saturated heterocycles. The van der Waals surface area contributed by atoms with E-state index in [2.05, 4.69) is 16.9 Å². The molecule has 0 fully saturated rings. The van der Waals surface area contributed by atoms with Crippen molar-refractivity contribution in [3.63, 3.8) is 0 Å². The summed E-state index contributed by atoms with van der Waals surface area (Å²) in [6.45, 7) is 10.6. The lowest BCUT2D eigenvalue weighted by molar-refractivity contribution is -0.143. The highest BCUT2D eigenvalue weighted by atomic mass is 19.4. The molecule has 3 unspecified atom stereocenters. The number of ether oxygens (including phenoxy) is 2. The Balaban J connectivity index is 1.57. The molecular weight excluding hydrogens is 793 g/mol. The third-order valence-corrected chi connectivity index (χ3v) is 12.4. The van der Waals surface area contributed by atoms with Crippen molar-refractivity contribution < 1.29 is 50.2 Å². The minimum absolute atomic E-state index is 0.00409. The van der Waals surface area contributed by atoms with Crippen molar-refractivity contribution in [2.24, 2.45) is 0 Å². The van der Waals surface area contributed by atoms with E-state index in [-0.39, 0.29) is 59.4 Å². The first-order chi connectivity index (χ1) is 28.2. The van der Waals surface area contributed by atoms with Crippen LogP contribution >= 0.6 is 0 Å². The molecule has 1 aromatic carbocycles. The zero-order chi connectivity index (χ0) is 43.7. The lowest BCUT2D eigenvalue weighted by Crippen LogP contribution is -2.40. The fraction of sp³-hybridized carbons (Fsp3) is 0.432. The van der Waals surface area contributed by atoms with Crippen LogP contribution in [0.2, 0.25) is 0 Å². The molecule has 4 aliphatic heterocycles. The van der Waals surface area contributed by atoms with Crippen molar-refractivity contribution in [3.05, 3.63) is 104 Å². The predicted octanol–water partition coefficient (Wildman–Crippen LogP) is 10.3. The second-order valence-corrected chi connectivity index (χ2v) is 15.9. The molecule has 0 saturated carbocycles. The molecule has 8 bridgehead atoms. The number of methoxy groups -OCH3 is 2. The average molecular weight is 838 g/mol. The van der Waals surface area contributed by atoms with Gasteiger partial charge in [-0.25, -0.2) is 4.98 Å². The van der Waals surface area contributed by atoms with Gasteiger partial charge in [0.2, 0.25) is 0 Å². The molecule has 0 radical (unpaired) electrons. The highest BCUT2D eigenvalue weighted by Crippen LogP contribution is 2.46. The number of carbonyl (C=O) groups is 3. The standard InChI is InChI=1S/C44H45F6N5O5/c1-9-27-19(2)29-17-34-36(23(6)59-7)21(4)31(52-34)15-30-20(3)28(10-11-35(56)60-8)39(53-30)38-40-37(22(5)32(54-40)16-33(27)51-29)41(57)55(42(38)58)18-24-12-25(43(45,46)47)14-26(13-24)44(48,49)50/h12-17,19-20,23,27-28,53-54H,9-11,18H2,1-8H3/t19?,20-,23?,27?,28-/m0/s1. The Labute approximate surface area is 342 Å². The van der Waals surface area contributed by atoms with E-state index in [4.69, 9.17) is 19.4 Å². The number of H-pyrrole nitrogens is 2. The monoisotopic (exact) mass is 837 g/mol. The summed E-state index contributed by atoms with van der Waals surface area (Å²) in [5.74, 6) is -3.40. The number of allylic oxidation sites excluding steroid dienone is 1. The van der Waals surface area contributed by atoms with E-state index >= 15 is 0 Å². The number of hydrogen-bond donors (Lipinski definition) is 2. The minimum Gasteiger partial charge on any atom is -0.469 e. The van der Waals surface area contributed by atoms with Crippen molar-refractivity contribution in [1.29, 1.82) is 0 Å². The fourth-order valence-corrected chi connectivity index (χ4v) is 8.96. The van der Waals surface area contributed by atoms with Crippen LogP contribution in [0, 0.1) is 6.92 Å². The fourth-order valence-electron chi connectivity index (χ4n) is 8.96. The van der Waals surface area contributed by atoms with Gasteiger partial charge in [-0.05, 0) is 86.7 Å². The van der Waals surface area contributed by atoms with Gasteiger partial charge in [-0.1, -0.05) is 20.8 Å². The first-order valence-corrected chi connectivity index (χ1v) is 19.7. The summed E-state index contributed by atoms with van der Waals surface area (Å²) in [7, 11) is 2.87. The van der Waals surface area contributed by atoms with E-state index in [0.717, 1.165) is 16.8 Å². The Hall–Kier alpha value is -5.51. The number of halogens is 6. The van der Waals surface area contributed by atoms with Gasteiger partial charge in [0.1, 0.15) is 0 Å². The second-order valence-electron chi connectivity index (χ2n) is 15.9. The zero-order valence-corrected chi connectivity index (χ0v) is 34.3.